The molecule has 1 aromatic rings. The molecule has 5 heteroatoms. The van der Waals surface area contributed by atoms with E-state index in [1.807, 2.05) is 6.07 Å². The summed E-state index contributed by atoms with van der Waals surface area (Å²) in [6.45, 7) is 3.36. The van der Waals surface area contributed by atoms with E-state index in [-0.39, 0.29) is 12.7 Å². The fourth-order valence-electron chi connectivity index (χ4n) is 2.10. The standard InChI is InChI=1S/C15H20O5/c1-2-19-15(17)14(16)11-4-3-5-13(10-11)20-12-6-8-18-9-7-12/h3-5,10,12,14,16H,2,6-9H2,1H3. The summed E-state index contributed by atoms with van der Waals surface area (Å²) in [5.74, 6) is 0.00784. The van der Waals surface area contributed by atoms with E-state index in [1.54, 1.807) is 25.1 Å². The van der Waals surface area contributed by atoms with Crippen molar-refractivity contribution in [1.29, 1.82) is 0 Å². The van der Waals surface area contributed by atoms with Gasteiger partial charge in [-0.05, 0) is 24.6 Å². The normalized spacial score (nSPS) is 17.5. The Morgan fingerprint density at radius 1 is 1.45 bits per heavy atom. The largest absolute Gasteiger partial charge is 0.490 e. The van der Waals surface area contributed by atoms with Crippen molar-refractivity contribution in [2.75, 3.05) is 19.8 Å². The molecule has 1 aliphatic heterocycles. The second-order valence-electron chi connectivity index (χ2n) is 4.66. The predicted octanol–water partition coefficient (Wildman–Crippen LogP) is 1.84. The van der Waals surface area contributed by atoms with Gasteiger partial charge in [0.25, 0.3) is 0 Å². The molecule has 0 bridgehead atoms. The molecule has 5 nitrogen and oxygen atoms in total. The molecule has 2 rings (SSSR count). The van der Waals surface area contributed by atoms with Gasteiger partial charge in [-0.2, -0.15) is 0 Å². The zero-order valence-corrected chi connectivity index (χ0v) is 11.6. The molecule has 20 heavy (non-hydrogen) atoms. The van der Waals surface area contributed by atoms with Crippen molar-refractivity contribution in [2.45, 2.75) is 32.0 Å². The topological polar surface area (TPSA) is 65.0 Å². The molecule has 110 valence electrons. The van der Waals surface area contributed by atoms with Crippen molar-refractivity contribution >= 4 is 5.97 Å². The Morgan fingerprint density at radius 2 is 2.20 bits per heavy atom. The Labute approximate surface area is 118 Å². The third-order valence-corrected chi connectivity index (χ3v) is 3.15. The van der Waals surface area contributed by atoms with Crippen molar-refractivity contribution in [3.05, 3.63) is 29.8 Å². The number of carbonyl (C=O) groups excluding carboxylic acids is 1. The number of aliphatic hydroxyl groups excluding tert-OH is 1. The lowest BCUT2D eigenvalue weighted by Crippen LogP contribution is -2.26. The van der Waals surface area contributed by atoms with Crippen LogP contribution in [0.25, 0.3) is 0 Å². The molecule has 1 atom stereocenters. The highest BCUT2D eigenvalue weighted by atomic mass is 16.5. The van der Waals surface area contributed by atoms with Crippen LogP contribution in [0, 0.1) is 0 Å². The van der Waals surface area contributed by atoms with Gasteiger partial charge in [0.05, 0.1) is 19.8 Å². The zero-order chi connectivity index (χ0) is 14.4. The molecule has 1 saturated heterocycles. The molecule has 1 heterocycles. The first-order valence-electron chi connectivity index (χ1n) is 6.89. The highest BCUT2D eigenvalue weighted by Gasteiger charge is 2.20. The molecule has 0 spiro atoms. The Hall–Kier alpha value is -1.59. The monoisotopic (exact) mass is 280 g/mol. The smallest absolute Gasteiger partial charge is 0.339 e. The number of rotatable bonds is 5. The molecule has 1 fully saturated rings. The lowest BCUT2D eigenvalue weighted by molar-refractivity contribution is -0.153. The summed E-state index contributed by atoms with van der Waals surface area (Å²) in [5.41, 5.74) is 0.480. The van der Waals surface area contributed by atoms with Crippen molar-refractivity contribution < 1.29 is 24.1 Å². The summed E-state index contributed by atoms with van der Waals surface area (Å²) in [4.78, 5) is 11.5. The number of carbonyl (C=O) groups is 1. The van der Waals surface area contributed by atoms with Crippen LogP contribution in [0.4, 0.5) is 0 Å². The van der Waals surface area contributed by atoms with Crippen molar-refractivity contribution in [2.24, 2.45) is 0 Å². The van der Waals surface area contributed by atoms with Gasteiger partial charge in [-0.25, -0.2) is 4.79 Å². The fraction of sp³-hybridized carbons (Fsp3) is 0.533. The summed E-state index contributed by atoms with van der Waals surface area (Å²) in [6.07, 6.45) is 0.557. The second kappa shape index (κ2) is 7.26. The van der Waals surface area contributed by atoms with E-state index >= 15 is 0 Å². The molecular weight excluding hydrogens is 260 g/mol. The van der Waals surface area contributed by atoms with Crippen LogP contribution in [0.1, 0.15) is 31.4 Å². The average molecular weight is 280 g/mol. The van der Waals surface area contributed by atoms with Crippen molar-refractivity contribution in [1.82, 2.24) is 0 Å². The number of hydrogen-bond acceptors (Lipinski definition) is 5. The number of esters is 1. The van der Waals surface area contributed by atoms with Gasteiger partial charge in [-0.3, -0.25) is 0 Å². The van der Waals surface area contributed by atoms with Crippen molar-refractivity contribution in [3.8, 4) is 5.75 Å². The van der Waals surface area contributed by atoms with Crippen LogP contribution in [-0.2, 0) is 14.3 Å². The molecule has 0 saturated carbocycles. The molecule has 1 N–H and O–H groups in total. The average Bonchev–Trinajstić information content (AvgIpc) is 2.48. The van der Waals surface area contributed by atoms with Gasteiger partial charge >= 0.3 is 5.97 Å². The lowest BCUT2D eigenvalue weighted by atomic mass is 10.1. The first-order chi connectivity index (χ1) is 9.70. The number of aliphatic hydroxyl groups is 1. The van der Waals surface area contributed by atoms with Crippen LogP contribution in [0.5, 0.6) is 5.75 Å². The molecular formula is C15H20O5. The molecule has 1 aliphatic rings. The minimum absolute atomic E-state index is 0.124. The molecule has 0 radical (unpaired) electrons. The van der Waals surface area contributed by atoms with Crippen LogP contribution >= 0.6 is 0 Å². The van der Waals surface area contributed by atoms with Crippen LogP contribution in [0.15, 0.2) is 24.3 Å². The van der Waals surface area contributed by atoms with Gasteiger partial charge in [0.15, 0.2) is 6.10 Å². The van der Waals surface area contributed by atoms with E-state index in [9.17, 15) is 9.90 Å². The first-order valence-corrected chi connectivity index (χ1v) is 6.89. The number of ether oxygens (including phenoxy) is 3. The SMILES string of the molecule is CCOC(=O)C(O)c1cccc(OC2CCOCC2)c1. The summed E-state index contributed by atoms with van der Waals surface area (Å²) in [7, 11) is 0. The lowest BCUT2D eigenvalue weighted by Gasteiger charge is -2.23. The van der Waals surface area contributed by atoms with Gasteiger partial charge in [-0.1, -0.05) is 12.1 Å². The molecule has 1 unspecified atom stereocenters. The maximum Gasteiger partial charge on any atom is 0.339 e. The fourth-order valence-corrected chi connectivity index (χ4v) is 2.10. The molecule has 0 aromatic heterocycles. The second-order valence-corrected chi connectivity index (χ2v) is 4.66. The summed E-state index contributed by atoms with van der Waals surface area (Å²) < 4.78 is 15.9. The highest BCUT2D eigenvalue weighted by molar-refractivity contribution is 5.76. The van der Waals surface area contributed by atoms with E-state index in [1.165, 1.54) is 0 Å². The van der Waals surface area contributed by atoms with Crippen LogP contribution < -0.4 is 4.74 Å². The summed E-state index contributed by atoms with van der Waals surface area (Å²) in [5, 5.41) is 9.90. The van der Waals surface area contributed by atoms with Gasteiger partial charge < -0.3 is 19.3 Å². The van der Waals surface area contributed by atoms with E-state index in [4.69, 9.17) is 14.2 Å². The summed E-state index contributed by atoms with van der Waals surface area (Å²) in [6, 6.07) is 6.93. The first kappa shape index (κ1) is 14.8. The molecule has 1 aromatic carbocycles. The number of hydrogen-bond donors (Lipinski definition) is 1. The van der Waals surface area contributed by atoms with E-state index in [0.29, 0.717) is 24.5 Å². The third-order valence-electron chi connectivity index (χ3n) is 3.15. The van der Waals surface area contributed by atoms with E-state index < -0.39 is 12.1 Å². The summed E-state index contributed by atoms with van der Waals surface area (Å²) >= 11 is 0. The zero-order valence-electron chi connectivity index (χ0n) is 11.6. The Balaban J connectivity index is 2.01. The van der Waals surface area contributed by atoms with Crippen LogP contribution in [-0.4, -0.2) is 37.0 Å². The maximum absolute atomic E-state index is 11.5. The van der Waals surface area contributed by atoms with Crippen LogP contribution in [0.3, 0.4) is 0 Å². The van der Waals surface area contributed by atoms with Crippen LogP contribution in [0.2, 0.25) is 0 Å². The Kier molecular flexibility index (Phi) is 5.38. The van der Waals surface area contributed by atoms with E-state index in [2.05, 4.69) is 0 Å². The Morgan fingerprint density at radius 3 is 2.90 bits per heavy atom. The van der Waals surface area contributed by atoms with Gasteiger partial charge in [0, 0.05) is 12.8 Å². The minimum Gasteiger partial charge on any atom is -0.490 e. The van der Waals surface area contributed by atoms with Crippen molar-refractivity contribution in [3.63, 3.8) is 0 Å². The predicted molar refractivity (Wildman–Crippen MR) is 72.5 cm³/mol. The minimum atomic E-state index is -1.27. The van der Waals surface area contributed by atoms with Gasteiger partial charge in [0.2, 0.25) is 0 Å². The van der Waals surface area contributed by atoms with Gasteiger partial charge in [0.1, 0.15) is 11.9 Å². The third kappa shape index (κ3) is 3.95. The highest BCUT2D eigenvalue weighted by Crippen LogP contribution is 2.23. The van der Waals surface area contributed by atoms with Gasteiger partial charge in [-0.15, -0.1) is 0 Å². The number of benzene rings is 1. The maximum atomic E-state index is 11.5. The quantitative estimate of drug-likeness (QED) is 0.834. The van der Waals surface area contributed by atoms with E-state index in [0.717, 1.165) is 12.8 Å². The Bertz CT molecular complexity index is 440. The molecule has 0 aliphatic carbocycles. The molecule has 0 amide bonds.